The molecule has 0 bridgehead atoms. The van der Waals surface area contributed by atoms with Crippen LogP contribution in [0.4, 0.5) is 23.0 Å². The molecule has 0 unspecified atom stereocenters. The molecular formula is C58H66BBrN10O10. The van der Waals surface area contributed by atoms with Crippen LogP contribution in [0.2, 0.25) is 0 Å². The molecule has 4 aromatic carbocycles. The summed E-state index contributed by atoms with van der Waals surface area (Å²) >= 11 is 3.49. The molecular weight excluding hydrogens is 1090 g/mol. The number of non-ortho nitro benzene ring substituents is 2. The molecule has 1 fully saturated rings. The maximum absolute atomic E-state index is 12.1. The van der Waals surface area contributed by atoms with Crippen LogP contribution in [0.15, 0.2) is 111 Å². The van der Waals surface area contributed by atoms with E-state index in [9.17, 15) is 29.8 Å². The van der Waals surface area contributed by atoms with Gasteiger partial charge >= 0.3 is 7.12 Å². The summed E-state index contributed by atoms with van der Waals surface area (Å²) in [7, 11) is 2.79. The maximum Gasteiger partial charge on any atom is 0.496 e. The van der Waals surface area contributed by atoms with Crippen molar-refractivity contribution in [2.45, 2.75) is 119 Å². The Hall–Kier alpha value is -8.08. The number of ether oxygens (including phenoxy) is 2. The second kappa shape index (κ2) is 24.5. The highest BCUT2D eigenvalue weighted by Crippen LogP contribution is 2.39. The molecule has 9 rings (SSSR count). The van der Waals surface area contributed by atoms with Gasteiger partial charge in [-0.15, -0.1) is 0 Å². The van der Waals surface area contributed by atoms with E-state index in [4.69, 9.17) is 18.8 Å². The highest BCUT2D eigenvalue weighted by atomic mass is 79.9. The van der Waals surface area contributed by atoms with Crippen LogP contribution in [0.1, 0.15) is 101 Å². The number of fused-ring (bicyclic) bond motifs is 2. The fraction of sp³-hybridized carbons (Fsp3) is 0.345. The molecule has 80 heavy (non-hydrogen) atoms. The van der Waals surface area contributed by atoms with Crippen LogP contribution in [-0.2, 0) is 22.4 Å². The SMILES string of the molecule is CCn1cc(-c2cc3c(N[C@H](C)c4cc(C)cc([N+](=O)[O-])c4)nc(C)nc3cc2OC)ccc1=O.CCn1cc(B2OC(C)(C)C(C)(C)O2)ccc1=O.COc1cc2nc(C)nc(N[C@H](C)c3cc(C)cc([N+](=O)[O-])c3)c2cc1Br. The molecule has 5 heterocycles. The third kappa shape index (κ3) is 13.5. The fourth-order valence-corrected chi connectivity index (χ4v) is 9.52. The normalized spacial score (nSPS) is 14.1. The van der Waals surface area contributed by atoms with Gasteiger partial charge < -0.3 is 38.6 Å². The minimum absolute atomic E-state index is 0.00207. The number of methoxy groups -OCH3 is 2. The van der Waals surface area contributed by atoms with Crippen molar-refractivity contribution in [1.82, 2.24) is 29.1 Å². The lowest BCUT2D eigenvalue weighted by Gasteiger charge is -2.32. The first-order chi connectivity index (χ1) is 37.7. The van der Waals surface area contributed by atoms with Gasteiger partial charge in [0.25, 0.3) is 16.9 Å². The topological polar surface area (TPSA) is 243 Å². The molecule has 2 N–H and O–H groups in total. The van der Waals surface area contributed by atoms with Crippen LogP contribution in [0.5, 0.6) is 11.5 Å². The van der Waals surface area contributed by atoms with Gasteiger partial charge in [0.05, 0.1) is 62.9 Å². The van der Waals surface area contributed by atoms with E-state index in [1.54, 1.807) is 71.9 Å². The number of hydrogen-bond acceptors (Lipinski definition) is 16. The van der Waals surface area contributed by atoms with Gasteiger partial charge in [0, 0.05) is 95.9 Å². The molecule has 1 aliphatic rings. The third-order valence-corrected chi connectivity index (χ3v) is 14.6. The average Bonchev–Trinajstić information content (AvgIpc) is 3.63. The Morgan fingerprint density at radius 2 is 1.09 bits per heavy atom. The van der Waals surface area contributed by atoms with Crippen LogP contribution in [-0.4, -0.2) is 71.5 Å². The summed E-state index contributed by atoms with van der Waals surface area (Å²) in [5.74, 6) is 3.79. The van der Waals surface area contributed by atoms with Crippen molar-refractivity contribution in [2.24, 2.45) is 0 Å². The van der Waals surface area contributed by atoms with E-state index in [0.717, 1.165) is 59.6 Å². The molecule has 2 atom stereocenters. The largest absolute Gasteiger partial charge is 0.496 e. The predicted molar refractivity (Wildman–Crippen MR) is 317 cm³/mol. The number of rotatable bonds is 14. The number of hydrogen-bond donors (Lipinski definition) is 2. The van der Waals surface area contributed by atoms with Crippen LogP contribution in [0.3, 0.4) is 0 Å². The molecule has 4 aromatic heterocycles. The molecule has 0 saturated carbocycles. The van der Waals surface area contributed by atoms with Gasteiger partial charge in [-0.3, -0.25) is 29.8 Å². The number of halogens is 1. The van der Waals surface area contributed by atoms with Crippen LogP contribution < -0.4 is 36.7 Å². The number of nitro groups is 2. The molecule has 22 heteroatoms. The van der Waals surface area contributed by atoms with Crippen molar-refractivity contribution in [1.29, 1.82) is 0 Å². The number of nitrogens with one attached hydrogen (secondary N) is 2. The summed E-state index contributed by atoms with van der Waals surface area (Å²) in [5.41, 5.74) is 6.57. The van der Waals surface area contributed by atoms with E-state index >= 15 is 0 Å². The number of aromatic nitrogens is 6. The molecule has 0 radical (unpaired) electrons. The first-order valence-electron chi connectivity index (χ1n) is 25.9. The number of nitro benzene ring substituents is 2. The highest BCUT2D eigenvalue weighted by Gasteiger charge is 2.51. The Morgan fingerprint density at radius 3 is 1.55 bits per heavy atom. The maximum atomic E-state index is 12.1. The minimum atomic E-state index is -0.409. The van der Waals surface area contributed by atoms with Gasteiger partial charge in [0.2, 0.25) is 5.56 Å². The number of benzene rings is 4. The van der Waals surface area contributed by atoms with E-state index in [2.05, 4.69) is 46.5 Å². The number of pyridine rings is 2. The lowest BCUT2D eigenvalue weighted by atomic mass is 9.80. The Kier molecular flexibility index (Phi) is 18.3. The second-order valence-corrected chi connectivity index (χ2v) is 21.3. The number of nitrogens with zero attached hydrogens (tertiary/aromatic N) is 8. The van der Waals surface area contributed by atoms with E-state index in [1.165, 1.54) is 0 Å². The highest BCUT2D eigenvalue weighted by molar-refractivity contribution is 9.10. The Balaban J connectivity index is 0.000000183. The van der Waals surface area contributed by atoms with Crippen molar-refractivity contribution in [3.63, 3.8) is 0 Å². The standard InChI is InChI=1S/C26H27N5O4.C19H19BrN4O3.C13H20BNO3/c1-6-30-14-18(7-8-25(30)32)21-12-22-23(13-24(21)35-5)28-17(4)29-26(22)27-16(3)19-9-15(2)10-20(11-19)31(33)34;1-10-5-13(7-14(6-10)24(25)26)11(2)21-19-15-8-16(20)18(27-4)9-17(15)22-12(3)23-19;1-6-15-9-10(7-8-11(15)16)14-17-12(2,3)13(4,5)18-14/h7-14,16H,6H2,1-5H3,(H,27,28,29);5-9,11H,1-4H3,(H,21,22,23);7-9H,6H2,1-5H3/t16-;11-;/m11./s1. The smallest absolute Gasteiger partial charge is 0.496 e. The van der Waals surface area contributed by atoms with Crippen molar-refractivity contribution in [3.05, 3.63) is 177 Å². The van der Waals surface area contributed by atoms with Gasteiger partial charge in [-0.05, 0) is 145 Å². The second-order valence-electron chi connectivity index (χ2n) is 20.5. The number of anilines is 2. The molecule has 1 aliphatic heterocycles. The molecule has 0 aliphatic carbocycles. The first kappa shape index (κ1) is 59.6. The zero-order valence-corrected chi connectivity index (χ0v) is 49.0. The van der Waals surface area contributed by atoms with Gasteiger partial charge in [-0.25, -0.2) is 19.9 Å². The molecule has 1 saturated heterocycles. The van der Waals surface area contributed by atoms with E-state index < -0.39 is 7.12 Å². The van der Waals surface area contributed by atoms with E-state index in [0.29, 0.717) is 53.4 Å². The van der Waals surface area contributed by atoms with Crippen molar-refractivity contribution in [3.8, 4) is 22.6 Å². The summed E-state index contributed by atoms with van der Waals surface area (Å²) in [4.78, 5) is 63.6. The molecule has 418 valence electrons. The van der Waals surface area contributed by atoms with Gasteiger partial charge in [-0.2, -0.15) is 0 Å². The Bertz CT molecular complexity index is 3760. The predicted octanol–water partition coefficient (Wildman–Crippen LogP) is 11.5. The lowest BCUT2D eigenvalue weighted by Crippen LogP contribution is -2.41. The van der Waals surface area contributed by atoms with E-state index in [-0.39, 0.29) is 55.6 Å². The quantitative estimate of drug-likeness (QED) is 0.0584. The minimum Gasteiger partial charge on any atom is -0.496 e. The zero-order valence-electron chi connectivity index (χ0n) is 47.4. The first-order valence-corrected chi connectivity index (χ1v) is 26.7. The molecule has 0 amide bonds. The lowest BCUT2D eigenvalue weighted by molar-refractivity contribution is -0.385. The van der Waals surface area contributed by atoms with Gasteiger partial charge in [0.1, 0.15) is 34.8 Å². The van der Waals surface area contributed by atoms with Crippen molar-refractivity contribution < 1.29 is 28.6 Å². The van der Waals surface area contributed by atoms with Crippen LogP contribution >= 0.6 is 15.9 Å². The van der Waals surface area contributed by atoms with Crippen LogP contribution in [0, 0.1) is 47.9 Å². The van der Waals surface area contributed by atoms with Gasteiger partial charge in [0.15, 0.2) is 0 Å². The summed E-state index contributed by atoms with van der Waals surface area (Å²) in [5, 5.41) is 30.9. The monoisotopic (exact) mass is 1150 g/mol. The van der Waals surface area contributed by atoms with Crippen molar-refractivity contribution >= 4 is 73.3 Å². The molecule has 20 nitrogen and oxygen atoms in total. The summed E-state index contributed by atoms with van der Waals surface area (Å²) in [6, 6.07) is 23.9. The summed E-state index contributed by atoms with van der Waals surface area (Å²) < 4.78 is 27.0. The van der Waals surface area contributed by atoms with Gasteiger partial charge in [-0.1, -0.05) is 18.2 Å². The van der Waals surface area contributed by atoms with Crippen molar-refractivity contribution in [2.75, 3.05) is 24.9 Å². The van der Waals surface area contributed by atoms with E-state index in [1.807, 2.05) is 132 Å². The average molecular weight is 1150 g/mol. The summed E-state index contributed by atoms with van der Waals surface area (Å²) in [6.45, 7) is 24.3. The van der Waals surface area contributed by atoms with Crippen LogP contribution in [0.25, 0.3) is 32.9 Å². The number of aryl methyl sites for hydroxylation is 6. The third-order valence-electron chi connectivity index (χ3n) is 14.0. The molecule has 0 spiro atoms. The molecule has 8 aromatic rings. The Labute approximate surface area is 472 Å². The zero-order chi connectivity index (χ0) is 58.5. The fourth-order valence-electron chi connectivity index (χ4n) is 9.01. The summed E-state index contributed by atoms with van der Waals surface area (Å²) in [6.07, 6.45) is 3.62. The Morgan fingerprint density at radius 1 is 0.637 bits per heavy atom.